The molecular weight excluding hydrogens is 256 g/mol. The predicted molar refractivity (Wildman–Crippen MR) is 77.6 cm³/mol. The number of aromatic nitrogens is 1. The Bertz CT molecular complexity index is 715. The number of fused-ring (bicyclic) bond motifs is 1. The largest absolute Gasteiger partial charge is 0.477 e. The Kier molecular flexibility index (Phi) is 3.18. The summed E-state index contributed by atoms with van der Waals surface area (Å²) in [6.07, 6.45) is 3.21. The second kappa shape index (κ2) is 5.00. The van der Waals surface area contributed by atoms with Crippen LogP contribution in [0, 0.1) is 0 Å². The van der Waals surface area contributed by atoms with Gasteiger partial charge in [0.2, 0.25) is 0 Å². The number of hydrogen-bond donors (Lipinski definition) is 2. The van der Waals surface area contributed by atoms with Gasteiger partial charge in [-0.1, -0.05) is 18.2 Å². The molecular formula is C15H16N2O3. The topological polar surface area (TPSA) is 73.4 Å². The molecule has 1 saturated heterocycles. The fourth-order valence-corrected chi connectivity index (χ4v) is 2.87. The number of para-hydroxylation sites is 1. The third-order valence-corrected chi connectivity index (χ3v) is 3.78. The molecule has 2 heterocycles. The summed E-state index contributed by atoms with van der Waals surface area (Å²) in [7, 11) is 0. The summed E-state index contributed by atoms with van der Waals surface area (Å²) in [5, 5.41) is 10.2. The van der Waals surface area contributed by atoms with E-state index in [2.05, 4.69) is 4.98 Å². The minimum absolute atomic E-state index is 0.148. The van der Waals surface area contributed by atoms with Crippen LogP contribution in [0.15, 0.2) is 29.1 Å². The smallest absolute Gasteiger partial charge is 0.343 e. The Morgan fingerprint density at radius 2 is 1.85 bits per heavy atom. The third kappa shape index (κ3) is 2.05. The zero-order chi connectivity index (χ0) is 14.1. The van der Waals surface area contributed by atoms with Crippen LogP contribution in [0.1, 0.15) is 29.6 Å². The second-order valence-electron chi connectivity index (χ2n) is 5.08. The molecule has 0 spiro atoms. The van der Waals surface area contributed by atoms with Crippen molar-refractivity contribution in [2.24, 2.45) is 0 Å². The van der Waals surface area contributed by atoms with E-state index in [4.69, 9.17) is 0 Å². The van der Waals surface area contributed by atoms with Crippen LogP contribution < -0.4 is 10.5 Å². The lowest BCUT2D eigenvalue weighted by Gasteiger charge is -2.30. The van der Waals surface area contributed by atoms with Gasteiger partial charge >= 0.3 is 5.97 Å². The van der Waals surface area contributed by atoms with Gasteiger partial charge in [0.25, 0.3) is 5.56 Å². The first-order valence-electron chi connectivity index (χ1n) is 6.82. The number of anilines is 1. The summed E-state index contributed by atoms with van der Waals surface area (Å²) in [6, 6.07) is 7.36. The molecule has 1 aliphatic heterocycles. The van der Waals surface area contributed by atoms with Crippen LogP contribution in [-0.4, -0.2) is 29.1 Å². The summed E-state index contributed by atoms with van der Waals surface area (Å²) < 4.78 is 0. The first kappa shape index (κ1) is 12.7. The lowest BCUT2D eigenvalue weighted by molar-refractivity contribution is 0.0696. The highest BCUT2D eigenvalue weighted by molar-refractivity contribution is 6.04. The highest BCUT2D eigenvalue weighted by Crippen LogP contribution is 2.29. The maximum absolute atomic E-state index is 12.1. The second-order valence-corrected chi connectivity index (χ2v) is 5.08. The van der Waals surface area contributed by atoms with Crippen molar-refractivity contribution in [1.82, 2.24) is 4.98 Å². The minimum Gasteiger partial charge on any atom is -0.477 e. The van der Waals surface area contributed by atoms with Gasteiger partial charge in [0.15, 0.2) is 0 Å². The SMILES string of the molecule is O=C(O)c1c(N2CCCCC2)c2ccccc2[nH]c1=O. The van der Waals surface area contributed by atoms with E-state index in [1.165, 1.54) is 0 Å². The number of rotatable bonds is 2. The number of pyridine rings is 1. The molecule has 0 unspecified atom stereocenters. The number of carbonyl (C=O) groups is 1. The highest BCUT2D eigenvalue weighted by Gasteiger charge is 2.24. The van der Waals surface area contributed by atoms with E-state index in [-0.39, 0.29) is 5.56 Å². The van der Waals surface area contributed by atoms with Gasteiger partial charge in [-0.3, -0.25) is 4.79 Å². The van der Waals surface area contributed by atoms with Gasteiger partial charge in [-0.25, -0.2) is 4.79 Å². The molecule has 2 aromatic rings. The van der Waals surface area contributed by atoms with E-state index < -0.39 is 11.5 Å². The van der Waals surface area contributed by atoms with E-state index in [0.29, 0.717) is 11.2 Å². The number of benzene rings is 1. The monoisotopic (exact) mass is 272 g/mol. The van der Waals surface area contributed by atoms with Crippen LogP contribution in [0.4, 0.5) is 5.69 Å². The summed E-state index contributed by atoms with van der Waals surface area (Å²) >= 11 is 0. The number of nitrogens with zero attached hydrogens (tertiary/aromatic N) is 1. The Morgan fingerprint density at radius 3 is 2.55 bits per heavy atom. The van der Waals surface area contributed by atoms with Crippen molar-refractivity contribution in [2.45, 2.75) is 19.3 Å². The third-order valence-electron chi connectivity index (χ3n) is 3.78. The minimum atomic E-state index is -1.17. The molecule has 1 aliphatic rings. The first-order valence-corrected chi connectivity index (χ1v) is 6.82. The normalized spacial score (nSPS) is 15.5. The van der Waals surface area contributed by atoms with Crippen LogP contribution in [0.5, 0.6) is 0 Å². The number of hydrogen-bond acceptors (Lipinski definition) is 3. The molecule has 0 aliphatic carbocycles. The van der Waals surface area contributed by atoms with Gasteiger partial charge in [-0.05, 0) is 25.3 Å². The van der Waals surface area contributed by atoms with Crippen LogP contribution >= 0.6 is 0 Å². The molecule has 0 saturated carbocycles. The Hall–Kier alpha value is -2.30. The first-order chi connectivity index (χ1) is 9.68. The van der Waals surface area contributed by atoms with E-state index in [0.717, 1.165) is 37.7 Å². The fraction of sp³-hybridized carbons (Fsp3) is 0.333. The molecule has 1 aromatic heterocycles. The van der Waals surface area contributed by atoms with Crippen molar-refractivity contribution in [1.29, 1.82) is 0 Å². The van der Waals surface area contributed by atoms with Gasteiger partial charge < -0.3 is 15.0 Å². The van der Waals surface area contributed by atoms with Gasteiger partial charge in [0, 0.05) is 18.5 Å². The van der Waals surface area contributed by atoms with Crippen molar-refractivity contribution in [3.8, 4) is 0 Å². The molecule has 104 valence electrons. The molecule has 5 heteroatoms. The Morgan fingerprint density at radius 1 is 1.15 bits per heavy atom. The zero-order valence-corrected chi connectivity index (χ0v) is 11.1. The Labute approximate surface area is 115 Å². The summed E-state index contributed by atoms with van der Waals surface area (Å²) in [5.41, 5.74) is 0.571. The van der Waals surface area contributed by atoms with E-state index in [1.807, 2.05) is 23.1 Å². The lowest BCUT2D eigenvalue weighted by atomic mass is 10.0. The number of nitrogens with one attached hydrogen (secondary N) is 1. The van der Waals surface area contributed by atoms with E-state index in [9.17, 15) is 14.7 Å². The average molecular weight is 272 g/mol. The molecule has 1 aromatic carbocycles. The molecule has 1 fully saturated rings. The number of H-pyrrole nitrogens is 1. The fourth-order valence-electron chi connectivity index (χ4n) is 2.87. The molecule has 0 atom stereocenters. The quantitative estimate of drug-likeness (QED) is 0.879. The zero-order valence-electron chi connectivity index (χ0n) is 11.1. The van der Waals surface area contributed by atoms with Crippen LogP contribution in [0.3, 0.4) is 0 Å². The standard InChI is InChI=1S/C15H16N2O3/c18-14-12(15(19)20)13(17-8-4-1-5-9-17)10-6-2-3-7-11(10)16-14/h2-3,6-7H,1,4-5,8-9H2,(H,16,18)(H,19,20). The molecule has 5 nitrogen and oxygen atoms in total. The van der Waals surface area contributed by atoms with Crippen molar-refractivity contribution >= 4 is 22.6 Å². The molecule has 3 rings (SSSR count). The van der Waals surface area contributed by atoms with Crippen LogP contribution in [0.2, 0.25) is 0 Å². The summed E-state index contributed by atoms with van der Waals surface area (Å²) in [4.78, 5) is 28.2. The lowest BCUT2D eigenvalue weighted by Crippen LogP contribution is -2.33. The molecule has 2 N–H and O–H groups in total. The summed E-state index contributed by atoms with van der Waals surface area (Å²) in [6.45, 7) is 1.60. The van der Waals surface area contributed by atoms with Crippen molar-refractivity contribution in [2.75, 3.05) is 18.0 Å². The number of carboxylic acid groups (broad SMARTS) is 1. The maximum Gasteiger partial charge on any atom is 0.343 e. The van der Waals surface area contributed by atoms with Crippen LogP contribution in [0.25, 0.3) is 10.9 Å². The van der Waals surface area contributed by atoms with Gasteiger partial charge in [-0.15, -0.1) is 0 Å². The number of aromatic carboxylic acids is 1. The molecule has 20 heavy (non-hydrogen) atoms. The van der Waals surface area contributed by atoms with Crippen LogP contribution in [-0.2, 0) is 0 Å². The van der Waals surface area contributed by atoms with Gasteiger partial charge in [0.1, 0.15) is 5.56 Å². The molecule has 0 bridgehead atoms. The number of aromatic amines is 1. The van der Waals surface area contributed by atoms with E-state index in [1.54, 1.807) is 6.07 Å². The number of carboxylic acids is 1. The van der Waals surface area contributed by atoms with Gasteiger partial charge in [0.05, 0.1) is 11.2 Å². The Balaban J connectivity index is 2.31. The highest BCUT2D eigenvalue weighted by atomic mass is 16.4. The predicted octanol–water partition coefficient (Wildman–Crippen LogP) is 2.22. The summed E-state index contributed by atoms with van der Waals surface area (Å²) in [5.74, 6) is -1.17. The average Bonchev–Trinajstić information content (AvgIpc) is 2.46. The maximum atomic E-state index is 12.1. The van der Waals surface area contributed by atoms with Crippen molar-refractivity contribution in [3.63, 3.8) is 0 Å². The molecule has 0 amide bonds. The molecule has 0 radical (unpaired) electrons. The van der Waals surface area contributed by atoms with Crippen molar-refractivity contribution < 1.29 is 9.90 Å². The van der Waals surface area contributed by atoms with E-state index >= 15 is 0 Å². The van der Waals surface area contributed by atoms with Gasteiger partial charge in [-0.2, -0.15) is 0 Å². The van der Waals surface area contributed by atoms with Crippen molar-refractivity contribution in [3.05, 3.63) is 40.2 Å². The number of piperidine rings is 1.